The average Bonchev–Trinajstić information content (AvgIpc) is 2.48. The molecular weight excluding hydrogens is 278 g/mol. The monoisotopic (exact) mass is 307 g/mol. The summed E-state index contributed by atoms with van der Waals surface area (Å²) >= 11 is 2.07. The van der Waals surface area contributed by atoms with Crippen LogP contribution in [0.5, 0.6) is 0 Å². The second-order valence-corrected chi connectivity index (χ2v) is 7.91. The minimum absolute atomic E-state index is 0.397. The molecule has 1 heterocycles. The van der Waals surface area contributed by atoms with Crippen LogP contribution in [0.4, 0.5) is 0 Å². The third-order valence-electron chi connectivity index (χ3n) is 3.99. The Morgan fingerprint density at radius 2 is 2.00 bits per heavy atom. The van der Waals surface area contributed by atoms with E-state index in [2.05, 4.69) is 55.2 Å². The highest BCUT2D eigenvalue weighted by Crippen LogP contribution is 2.24. The fourth-order valence-corrected chi connectivity index (χ4v) is 4.09. The Balaban J connectivity index is 1.73. The highest BCUT2D eigenvalue weighted by molar-refractivity contribution is 7.99. The fraction of sp³-hybridized carbons (Fsp3) is 0.667. The van der Waals surface area contributed by atoms with Crippen molar-refractivity contribution in [1.82, 2.24) is 5.32 Å². The molecule has 1 aliphatic rings. The van der Waals surface area contributed by atoms with E-state index in [1.54, 1.807) is 0 Å². The number of rotatable bonds is 7. The number of benzene rings is 1. The molecule has 2 N–H and O–H groups in total. The molecule has 0 aromatic heterocycles. The van der Waals surface area contributed by atoms with Crippen LogP contribution in [0.1, 0.15) is 50.3 Å². The first-order valence-corrected chi connectivity index (χ1v) is 9.29. The predicted molar refractivity (Wildman–Crippen MR) is 92.9 cm³/mol. The van der Waals surface area contributed by atoms with Gasteiger partial charge in [-0.15, -0.1) is 0 Å². The van der Waals surface area contributed by atoms with Gasteiger partial charge in [-0.3, -0.25) is 0 Å². The molecule has 1 aromatic carbocycles. The molecule has 2 unspecified atom stereocenters. The van der Waals surface area contributed by atoms with Crippen molar-refractivity contribution >= 4 is 11.8 Å². The largest absolute Gasteiger partial charge is 0.387 e. The summed E-state index contributed by atoms with van der Waals surface area (Å²) in [6, 6.07) is 8.43. The third-order valence-corrected chi connectivity index (χ3v) is 5.39. The minimum atomic E-state index is -0.397. The Labute approximate surface area is 133 Å². The van der Waals surface area contributed by atoms with E-state index in [0.29, 0.717) is 12.5 Å². The molecule has 1 aromatic rings. The van der Waals surface area contributed by atoms with Crippen molar-refractivity contribution in [3.63, 3.8) is 0 Å². The van der Waals surface area contributed by atoms with E-state index in [-0.39, 0.29) is 0 Å². The summed E-state index contributed by atoms with van der Waals surface area (Å²) in [5.74, 6) is 1.97. The van der Waals surface area contributed by atoms with Gasteiger partial charge in [0.15, 0.2) is 0 Å². The molecule has 2 nitrogen and oxygen atoms in total. The van der Waals surface area contributed by atoms with Crippen molar-refractivity contribution in [3.8, 4) is 0 Å². The summed E-state index contributed by atoms with van der Waals surface area (Å²) in [6.45, 7) is 6.14. The summed E-state index contributed by atoms with van der Waals surface area (Å²) in [6.07, 6.45) is 4.75. The molecular formula is C18H29NOS. The van der Waals surface area contributed by atoms with Gasteiger partial charge in [0, 0.05) is 18.3 Å². The number of hydrogen-bond acceptors (Lipinski definition) is 3. The van der Waals surface area contributed by atoms with Crippen LogP contribution in [0.25, 0.3) is 0 Å². The smallest absolute Gasteiger partial charge is 0.0914 e. The van der Waals surface area contributed by atoms with Crippen LogP contribution >= 0.6 is 11.8 Å². The van der Waals surface area contributed by atoms with Gasteiger partial charge in [-0.25, -0.2) is 0 Å². The molecule has 0 aliphatic carbocycles. The molecule has 1 fully saturated rings. The highest BCUT2D eigenvalue weighted by atomic mass is 32.2. The fourth-order valence-electron chi connectivity index (χ4n) is 2.81. The zero-order valence-electron chi connectivity index (χ0n) is 13.3. The highest BCUT2D eigenvalue weighted by Gasteiger charge is 2.14. The number of aliphatic hydroxyl groups excluding tert-OH is 1. The lowest BCUT2D eigenvalue weighted by molar-refractivity contribution is 0.175. The average molecular weight is 308 g/mol. The van der Waals surface area contributed by atoms with Crippen LogP contribution in [-0.4, -0.2) is 29.2 Å². The molecule has 0 spiro atoms. The van der Waals surface area contributed by atoms with Crippen LogP contribution in [-0.2, 0) is 6.42 Å². The number of aliphatic hydroxyl groups is 1. The van der Waals surface area contributed by atoms with Crippen LogP contribution in [0, 0.1) is 5.92 Å². The van der Waals surface area contributed by atoms with Crippen LogP contribution in [0.15, 0.2) is 24.3 Å². The molecule has 0 amide bonds. The van der Waals surface area contributed by atoms with Gasteiger partial charge in [-0.1, -0.05) is 44.5 Å². The molecule has 2 atom stereocenters. The normalized spacial score (nSPS) is 20.7. The van der Waals surface area contributed by atoms with Gasteiger partial charge in [0.25, 0.3) is 0 Å². The van der Waals surface area contributed by atoms with Crippen molar-refractivity contribution in [3.05, 3.63) is 35.4 Å². The molecule has 3 heteroatoms. The maximum absolute atomic E-state index is 10.3. The van der Waals surface area contributed by atoms with Gasteiger partial charge in [0.2, 0.25) is 0 Å². The molecule has 0 bridgehead atoms. The topological polar surface area (TPSA) is 32.3 Å². The maximum atomic E-state index is 10.3. The Morgan fingerprint density at radius 1 is 1.24 bits per heavy atom. The van der Waals surface area contributed by atoms with Crippen molar-refractivity contribution < 1.29 is 5.11 Å². The zero-order chi connectivity index (χ0) is 15.1. The van der Waals surface area contributed by atoms with Gasteiger partial charge in [0.05, 0.1) is 6.10 Å². The first-order valence-electron chi connectivity index (χ1n) is 8.24. The molecule has 1 saturated heterocycles. The van der Waals surface area contributed by atoms with Gasteiger partial charge >= 0.3 is 0 Å². The van der Waals surface area contributed by atoms with Crippen molar-refractivity contribution in [2.45, 2.75) is 50.9 Å². The predicted octanol–water partition coefficient (Wildman–Crippen LogP) is 3.79. The van der Waals surface area contributed by atoms with Crippen LogP contribution in [0.2, 0.25) is 0 Å². The van der Waals surface area contributed by atoms with Gasteiger partial charge in [-0.2, -0.15) is 11.8 Å². The van der Waals surface area contributed by atoms with Crippen molar-refractivity contribution in [1.29, 1.82) is 0 Å². The van der Waals surface area contributed by atoms with E-state index in [9.17, 15) is 5.11 Å². The second kappa shape index (κ2) is 8.82. The lowest BCUT2D eigenvalue weighted by Gasteiger charge is -2.22. The standard InChI is InChI=1S/C18H29NOS/c1-14(2)11-15-6-8-16(9-7-15)18(20)13-19-12-17-5-3-4-10-21-17/h6-9,14,17-20H,3-5,10-13H2,1-2H3. The maximum Gasteiger partial charge on any atom is 0.0914 e. The Hall–Kier alpha value is -0.510. The van der Waals surface area contributed by atoms with E-state index >= 15 is 0 Å². The lowest BCUT2D eigenvalue weighted by atomic mass is 10.0. The lowest BCUT2D eigenvalue weighted by Crippen LogP contribution is -2.30. The minimum Gasteiger partial charge on any atom is -0.387 e. The van der Waals surface area contributed by atoms with Crippen molar-refractivity contribution in [2.75, 3.05) is 18.8 Å². The van der Waals surface area contributed by atoms with Crippen LogP contribution in [0.3, 0.4) is 0 Å². The quantitative estimate of drug-likeness (QED) is 0.804. The molecule has 118 valence electrons. The SMILES string of the molecule is CC(C)Cc1ccc(C(O)CNCC2CCCCS2)cc1. The molecule has 1 aliphatic heterocycles. The van der Waals surface area contributed by atoms with E-state index in [1.165, 1.54) is 30.6 Å². The Morgan fingerprint density at radius 3 is 2.62 bits per heavy atom. The molecule has 21 heavy (non-hydrogen) atoms. The zero-order valence-corrected chi connectivity index (χ0v) is 14.2. The number of hydrogen-bond donors (Lipinski definition) is 2. The molecule has 2 rings (SSSR count). The van der Waals surface area contributed by atoms with Gasteiger partial charge in [0.1, 0.15) is 0 Å². The van der Waals surface area contributed by atoms with Gasteiger partial charge < -0.3 is 10.4 Å². The first kappa shape index (κ1) is 16.9. The van der Waals surface area contributed by atoms with E-state index in [1.807, 2.05) is 0 Å². The number of thioether (sulfide) groups is 1. The summed E-state index contributed by atoms with van der Waals surface area (Å²) in [7, 11) is 0. The Kier molecular flexibility index (Phi) is 7.08. The number of nitrogens with one attached hydrogen (secondary N) is 1. The summed E-state index contributed by atoms with van der Waals surface area (Å²) in [5, 5.41) is 14.4. The summed E-state index contributed by atoms with van der Waals surface area (Å²) in [4.78, 5) is 0. The van der Waals surface area contributed by atoms with Crippen molar-refractivity contribution in [2.24, 2.45) is 5.92 Å². The van der Waals surface area contributed by atoms with E-state index < -0.39 is 6.10 Å². The third kappa shape index (κ3) is 6.01. The van der Waals surface area contributed by atoms with E-state index in [0.717, 1.165) is 23.8 Å². The summed E-state index contributed by atoms with van der Waals surface area (Å²) in [5.41, 5.74) is 2.37. The second-order valence-electron chi connectivity index (χ2n) is 6.50. The van der Waals surface area contributed by atoms with E-state index in [4.69, 9.17) is 0 Å². The Bertz CT molecular complexity index is 398. The summed E-state index contributed by atoms with van der Waals surface area (Å²) < 4.78 is 0. The van der Waals surface area contributed by atoms with Crippen LogP contribution < -0.4 is 5.32 Å². The molecule has 0 radical (unpaired) electrons. The first-order chi connectivity index (χ1) is 10.1. The van der Waals surface area contributed by atoms with Gasteiger partial charge in [-0.05, 0) is 42.1 Å². The molecule has 0 saturated carbocycles.